The van der Waals surface area contributed by atoms with E-state index in [1.54, 1.807) is 0 Å². The first-order valence-corrected chi connectivity index (χ1v) is 7.28. The zero-order chi connectivity index (χ0) is 13.7. The van der Waals surface area contributed by atoms with Crippen LogP contribution >= 0.6 is 22.6 Å². The molecular weight excluding hydrogens is 359 g/mol. The first-order valence-electron chi connectivity index (χ1n) is 6.20. The van der Waals surface area contributed by atoms with Gasteiger partial charge < -0.3 is 9.64 Å². The zero-order valence-corrected chi connectivity index (χ0v) is 13.0. The van der Waals surface area contributed by atoms with Gasteiger partial charge in [0.2, 0.25) is 5.95 Å². The van der Waals surface area contributed by atoms with Crippen molar-refractivity contribution in [2.75, 3.05) is 44.7 Å². The number of piperazine rings is 1. The summed E-state index contributed by atoms with van der Waals surface area (Å²) in [6, 6.07) is 0. The molecule has 2 heterocycles. The number of nitrogens with zero attached hydrogens (tertiary/aromatic N) is 4. The fourth-order valence-electron chi connectivity index (χ4n) is 1.99. The van der Waals surface area contributed by atoms with E-state index in [0.29, 0.717) is 6.42 Å². The molecule has 0 saturated carbocycles. The Hall–Kier alpha value is -0.960. The summed E-state index contributed by atoms with van der Waals surface area (Å²) in [6.45, 7) is 4.39. The van der Waals surface area contributed by atoms with Gasteiger partial charge in [-0.05, 0) is 22.6 Å². The summed E-state index contributed by atoms with van der Waals surface area (Å²) in [5.41, 5.74) is 0. The summed E-state index contributed by atoms with van der Waals surface area (Å²) >= 11 is 2.20. The van der Waals surface area contributed by atoms with Gasteiger partial charge in [-0.15, -0.1) is 0 Å². The number of esters is 1. The van der Waals surface area contributed by atoms with Crippen LogP contribution in [0, 0.1) is 3.57 Å². The molecule has 1 aliphatic heterocycles. The monoisotopic (exact) mass is 376 g/mol. The summed E-state index contributed by atoms with van der Waals surface area (Å²) in [7, 11) is 1.42. The molecule has 0 aliphatic carbocycles. The maximum atomic E-state index is 11.1. The maximum Gasteiger partial charge on any atom is 0.306 e. The topological polar surface area (TPSA) is 58.6 Å². The molecule has 1 aromatic rings. The van der Waals surface area contributed by atoms with Crippen molar-refractivity contribution >= 4 is 34.5 Å². The van der Waals surface area contributed by atoms with E-state index >= 15 is 0 Å². The number of aromatic nitrogens is 2. The highest BCUT2D eigenvalue weighted by molar-refractivity contribution is 14.1. The average Bonchev–Trinajstić information content (AvgIpc) is 2.46. The van der Waals surface area contributed by atoms with Crippen LogP contribution < -0.4 is 4.90 Å². The van der Waals surface area contributed by atoms with Crippen molar-refractivity contribution in [3.63, 3.8) is 0 Å². The van der Waals surface area contributed by atoms with Gasteiger partial charge in [-0.25, -0.2) is 9.97 Å². The van der Waals surface area contributed by atoms with Crippen molar-refractivity contribution in [1.82, 2.24) is 14.9 Å². The second kappa shape index (κ2) is 6.99. The summed E-state index contributed by atoms with van der Waals surface area (Å²) in [5, 5.41) is 0. The highest BCUT2D eigenvalue weighted by atomic mass is 127. The van der Waals surface area contributed by atoms with Crippen molar-refractivity contribution < 1.29 is 9.53 Å². The van der Waals surface area contributed by atoms with E-state index in [2.05, 4.69) is 47.1 Å². The molecular formula is C12H17IN4O2. The summed E-state index contributed by atoms with van der Waals surface area (Å²) < 4.78 is 5.69. The van der Waals surface area contributed by atoms with Crippen molar-refractivity contribution in [2.24, 2.45) is 0 Å². The predicted octanol–water partition coefficient (Wildman–Crippen LogP) is 0.766. The molecule has 1 fully saturated rings. The molecule has 0 N–H and O–H groups in total. The number of rotatable bonds is 4. The molecule has 0 aromatic carbocycles. The van der Waals surface area contributed by atoms with Gasteiger partial charge in [0.05, 0.1) is 13.5 Å². The molecule has 7 heteroatoms. The summed E-state index contributed by atoms with van der Waals surface area (Å²) in [6.07, 6.45) is 4.11. The minimum absolute atomic E-state index is 0.150. The van der Waals surface area contributed by atoms with Gasteiger partial charge in [0.15, 0.2) is 0 Å². The van der Waals surface area contributed by atoms with E-state index in [1.165, 1.54) is 7.11 Å². The molecule has 2 rings (SSSR count). The Balaban J connectivity index is 1.79. The molecule has 1 saturated heterocycles. The van der Waals surface area contributed by atoms with E-state index in [9.17, 15) is 4.79 Å². The first kappa shape index (κ1) is 14.4. The Labute approximate surface area is 126 Å². The van der Waals surface area contributed by atoms with Crippen molar-refractivity contribution in [2.45, 2.75) is 6.42 Å². The molecule has 1 aromatic heterocycles. The highest BCUT2D eigenvalue weighted by Gasteiger charge is 2.19. The third kappa shape index (κ3) is 4.27. The quantitative estimate of drug-likeness (QED) is 0.572. The molecule has 19 heavy (non-hydrogen) atoms. The average molecular weight is 376 g/mol. The molecule has 0 atom stereocenters. The molecule has 0 radical (unpaired) electrons. The van der Waals surface area contributed by atoms with Crippen LogP contribution in [0.1, 0.15) is 6.42 Å². The standard InChI is InChI=1S/C12H17IN4O2/c1-19-11(18)2-3-16-4-6-17(7-5-16)12-14-8-10(13)9-15-12/h8-9H,2-7H2,1H3. The number of methoxy groups -OCH3 is 1. The second-order valence-electron chi connectivity index (χ2n) is 4.36. The van der Waals surface area contributed by atoms with Crippen molar-refractivity contribution in [1.29, 1.82) is 0 Å². The van der Waals surface area contributed by atoms with Crippen LogP contribution in [0.5, 0.6) is 0 Å². The van der Waals surface area contributed by atoms with Gasteiger partial charge >= 0.3 is 5.97 Å². The van der Waals surface area contributed by atoms with Crippen LogP contribution in [0.3, 0.4) is 0 Å². The van der Waals surface area contributed by atoms with Gasteiger partial charge in [0.1, 0.15) is 0 Å². The van der Waals surface area contributed by atoms with Gasteiger partial charge in [-0.3, -0.25) is 9.69 Å². The normalized spacial score (nSPS) is 16.4. The Morgan fingerprint density at radius 1 is 1.32 bits per heavy atom. The summed E-state index contributed by atoms with van der Waals surface area (Å²) in [5.74, 6) is 0.636. The third-order valence-electron chi connectivity index (χ3n) is 3.12. The lowest BCUT2D eigenvalue weighted by Gasteiger charge is -2.34. The minimum atomic E-state index is -0.150. The number of hydrogen-bond acceptors (Lipinski definition) is 6. The number of carbonyl (C=O) groups excluding carboxylic acids is 1. The van der Waals surface area contributed by atoms with Gasteiger partial charge in [-0.1, -0.05) is 0 Å². The number of hydrogen-bond donors (Lipinski definition) is 0. The van der Waals surface area contributed by atoms with Crippen molar-refractivity contribution in [3.05, 3.63) is 16.0 Å². The SMILES string of the molecule is COC(=O)CCN1CCN(c2ncc(I)cn2)CC1. The van der Waals surface area contributed by atoms with Crippen molar-refractivity contribution in [3.8, 4) is 0 Å². The van der Waals surface area contributed by atoms with E-state index in [0.717, 1.165) is 42.2 Å². The summed E-state index contributed by atoms with van der Waals surface area (Å²) in [4.78, 5) is 24.2. The first-order chi connectivity index (χ1) is 9.19. The fourth-order valence-corrected chi connectivity index (χ4v) is 2.27. The van der Waals surface area contributed by atoms with E-state index in [-0.39, 0.29) is 5.97 Å². The fraction of sp³-hybridized carbons (Fsp3) is 0.583. The molecule has 0 unspecified atom stereocenters. The largest absolute Gasteiger partial charge is 0.469 e. The van der Waals surface area contributed by atoms with E-state index in [1.807, 2.05) is 12.4 Å². The number of anilines is 1. The van der Waals surface area contributed by atoms with Gasteiger partial charge in [0, 0.05) is 48.7 Å². The molecule has 0 amide bonds. The lowest BCUT2D eigenvalue weighted by molar-refractivity contribution is -0.141. The lowest BCUT2D eigenvalue weighted by Crippen LogP contribution is -2.47. The Morgan fingerprint density at radius 3 is 2.53 bits per heavy atom. The molecule has 0 spiro atoms. The second-order valence-corrected chi connectivity index (χ2v) is 5.60. The van der Waals surface area contributed by atoms with Crippen LogP contribution in [0.25, 0.3) is 0 Å². The van der Waals surface area contributed by atoms with Crippen LogP contribution in [0.2, 0.25) is 0 Å². The molecule has 6 nitrogen and oxygen atoms in total. The van der Waals surface area contributed by atoms with Crippen LogP contribution in [-0.4, -0.2) is 60.7 Å². The number of halogens is 1. The Bertz CT molecular complexity index is 418. The number of ether oxygens (including phenoxy) is 1. The Morgan fingerprint density at radius 2 is 1.95 bits per heavy atom. The zero-order valence-electron chi connectivity index (χ0n) is 10.9. The predicted molar refractivity (Wildman–Crippen MR) is 80.0 cm³/mol. The molecule has 104 valence electrons. The lowest BCUT2D eigenvalue weighted by atomic mass is 10.3. The molecule has 0 bridgehead atoms. The van der Waals surface area contributed by atoms with E-state index < -0.39 is 0 Å². The Kier molecular flexibility index (Phi) is 5.32. The van der Waals surface area contributed by atoms with Crippen LogP contribution in [0.4, 0.5) is 5.95 Å². The number of carbonyl (C=O) groups is 1. The minimum Gasteiger partial charge on any atom is -0.469 e. The smallest absolute Gasteiger partial charge is 0.306 e. The third-order valence-corrected chi connectivity index (χ3v) is 3.68. The maximum absolute atomic E-state index is 11.1. The highest BCUT2D eigenvalue weighted by Crippen LogP contribution is 2.11. The van der Waals surface area contributed by atoms with Crippen LogP contribution in [-0.2, 0) is 9.53 Å². The van der Waals surface area contributed by atoms with E-state index in [4.69, 9.17) is 0 Å². The van der Waals surface area contributed by atoms with Gasteiger partial charge in [0.25, 0.3) is 0 Å². The van der Waals surface area contributed by atoms with Gasteiger partial charge in [-0.2, -0.15) is 0 Å². The molecule has 1 aliphatic rings. The van der Waals surface area contributed by atoms with Crippen LogP contribution in [0.15, 0.2) is 12.4 Å².